The topological polar surface area (TPSA) is 78.8 Å². The third-order valence-electron chi connectivity index (χ3n) is 2.45. The maximum absolute atomic E-state index is 6.15. The van der Waals surface area contributed by atoms with E-state index in [0.717, 1.165) is 5.56 Å². The van der Waals surface area contributed by atoms with Gasteiger partial charge in [0.05, 0.1) is 23.9 Å². The maximum atomic E-state index is 6.15. The van der Waals surface area contributed by atoms with Crippen LogP contribution >= 0.6 is 11.6 Å². The highest BCUT2D eigenvalue weighted by atomic mass is 35.5. The van der Waals surface area contributed by atoms with Gasteiger partial charge in [0.25, 0.3) is 0 Å². The normalized spacial score (nSPS) is 10.8. The number of halogens is 1. The first-order chi connectivity index (χ1) is 8.74. The number of nitrogens with zero attached hydrogens (tertiary/aromatic N) is 4. The molecule has 0 unspecified atom stereocenters. The van der Waals surface area contributed by atoms with E-state index in [4.69, 9.17) is 22.1 Å². The number of hydrogen-bond donors (Lipinski definition) is 1. The van der Waals surface area contributed by atoms with Gasteiger partial charge in [-0.3, -0.25) is 0 Å². The summed E-state index contributed by atoms with van der Waals surface area (Å²) in [6.07, 6.45) is 0. The SMILES string of the molecule is CCOCCn1nnnc1-c1cccc(N)c1Cl. The number of nitrogen functional groups attached to an aromatic ring is 1. The van der Waals surface area contributed by atoms with Crippen molar-refractivity contribution in [2.45, 2.75) is 13.5 Å². The molecule has 1 aromatic carbocycles. The summed E-state index contributed by atoms with van der Waals surface area (Å²) in [6.45, 7) is 3.72. The Bertz CT molecular complexity index is 528. The molecule has 0 saturated carbocycles. The Kier molecular flexibility index (Phi) is 4.11. The Morgan fingerprint density at radius 2 is 2.28 bits per heavy atom. The van der Waals surface area contributed by atoms with Crippen molar-refractivity contribution in [1.82, 2.24) is 20.2 Å². The van der Waals surface area contributed by atoms with E-state index in [1.54, 1.807) is 10.7 Å². The van der Waals surface area contributed by atoms with Gasteiger partial charge in [0, 0.05) is 12.2 Å². The molecule has 0 fully saturated rings. The fourth-order valence-corrected chi connectivity index (χ4v) is 1.78. The quantitative estimate of drug-likeness (QED) is 0.658. The van der Waals surface area contributed by atoms with Crippen LogP contribution in [0.3, 0.4) is 0 Å². The molecule has 0 saturated heterocycles. The van der Waals surface area contributed by atoms with Crippen molar-refractivity contribution in [3.05, 3.63) is 23.2 Å². The van der Waals surface area contributed by atoms with Crippen LogP contribution in [0.25, 0.3) is 11.4 Å². The molecule has 96 valence electrons. The van der Waals surface area contributed by atoms with E-state index in [2.05, 4.69) is 15.5 Å². The van der Waals surface area contributed by atoms with Crippen LogP contribution < -0.4 is 5.73 Å². The molecule has 0 amide bonds. The number of anilines is 1. The molecule has 0 aliphatic heterocycles. The highest BCUT2D eigenvalue weighted by molar-refractivity contribution is 6.35. The minimum absolute atomic E-state index is 0.463. The van der Waals surface area contributed by atoms with Crippen molar-refractivity contribution in [1.29, 1.82) is 0 Å². The molecular weight excluding hydrogens is 254 g/mol. The molecule has 0 atom stereocenters. The molecule has 1 aromatic heterocycles. The van der Waals surface area contributed by atoms with Crippen LogP contribution in [-0.2, 0) is 11.3 Å². The van der Waals surface area contributed by atoms with E-state index in [9.17, 15) is 0 Å². The number of nitrogens with two attached hydrogens (primary N) is 1. The fraction of sp³-hybridized carbons (Fsp3) is 0.364. The number of aromatic nitrogens is 4. The first-order valence-electron chi connectivity index (χ1n) is 5.62. The highest BCUT2D eigenvalue weighted by Gasteiger charge is 2.13. The average molecular weight is 268 g/mol. The lowest BCUT2D eigenvalue weighted by Gasteiger charge is -2.07. The van der Waals surface area contributed by atoms with Gasteiger partial charge in [-0.2, -0.15) is 0 Å². The molecule has 0 aliphatic carbocycles. The van der Waals surface area contributed by atoms with Gasteiger partial charge in [-0.05, 0) is 29.5 Å². The fourth-order valence-electron chi connectivity index (χ4n) is 1.57. The third-order valence-corrected chi connectivity index (χ3v) is 2.87. The molecule has 2 N–H and O–H groups in total. The van der Waals surface area contributed by atoms with Crippen molar-refractivity contribution >= 4 is 17.3 Å². The summed E-state index contributed by atoms with van der Waals surface area (Å²) in [5.41, 5.74) is 6.99. The maximum Gasteiger partial charge on any atom is 0.183 e. The number of hydrogen-bond acceptors (Lipinski definition) is 5. The van der Waals surface area contributed by atoms with Gasteiger partial charge in [0.1, 0.15) is 0 Å². The predicted molar refractivity (Wildman–Crippen MR) is 69.2 cm³/mol. The first-order valence-corrected chi connectivity index (χ1v) is 6.00. The first kappa shape index (κ1) is 12.8. The average Bonchev–Trinajstić information content (AvgIpc) is 2.81. The van der Waals surface area contributed by atoms with Crippen LogP contribution in [0.5, 0.6) is 0 Å². The number of ether oxygens (including phenoxy) is 1. The molecule has 0 spiro atoms. The van der Waals surface area contributed by atoms with Crippen LogP contribution in [0.1, 0.15) is 6.92 Å². The van der Waals surface area contributed by atoms with Crippen molar-refractivity contribution in [3.63, 3.8) is 0 Å². The Balaban J connectivity index is 2.28. The largest absolute Gasteiger partial charge is 0.398 e. The zero-order chi connectivity index (χ0) is 13.0. The summed E-state index contributed by atoms with van der Waals surface area (Å²) in [4.78, 5) is 0. The molecule has 2 rings (SSSR count). The smallest absolute Gasteiger partial charge is 0.183 e. The van der Waals surface area contributed by atoms with E-state index in [1.165, 1.54) is 0 Å². The minimum atomic E-state index is 0.463. The van der Waals surface area contributed by atoms with Gasteiger partial charge in [-0.15, -0.1) is 5.10 Å². The lowest BCUT2D eigenvalue weighted by atomic mass is 10.2. The molecule has 1 heterocycles. The molecule has 0 bridgehead atoms. The third kappa shape index (κ3) is 2.60. The molecule has 2 aromatic rings. The van der Waals surface area contributed by atoms with Crippen LogP contribution in [-0.4, -0.2) is 33.4 Å². The summed E-state index contributed by atoms with van der Waals surface area (Å²) in [5.74, 6) is 0.590. The Hall–Kier alpha value is -1.66. The summed E-state index contributed by atoms with van der Waals surface area (Å²) < 4.78 is 6.93. The van der Waals surface area contributed by atoms with Gasteiger partial charge >= 0.3 is 0 Å². The number of benzene rings is 1. The van der Waals surface area contributed by atoms with Crippen molar-refractivity contribution in [2.24, 2.45) is 0 Å². The number of tetrazole rings is 1. The van der Waals surface area contributed by atoms with E-state index >= 15 is 0 Å². The lowest BCUT2D eigenvalue weighted by molar-refractivity contribution is 0.136. The Labute approximate surface area is 110 Å². The number of rotatable bonds is 5. The summed E-state index contributed by atoms with van der Waals surface area (Å²) >= 11 is 6.15. The van der Waals surface area contributed by atoms with E-state index in [-0.39, 0.29) is 0 Å². The zero-order valence-corrected chi connectivity index (χ0v) is 10.8. The molecule has 7 heteroatoms. The molecule has 0 aliphatic rings. The Morgan fingerprint density at radius 1 is 1.44 bits per heavy atom. The van der Waals surface area contributed by atoms with Gasteiger partial charge in [-0.25, -0.2) is 4.68 Å². The second-order valence-corrected chi connectivity index (χ2v) is 4.01. The van der Waals surface area contributed by atoms with Crippen LogP contribution in [0, 0.1) is 0 Å². The Morgan fingerprint density at radius 3 is 3.06 bits per heavy atom. The lowest BCUT2D eigenvalue weighted by Crippen LogP contribution is -2.09. The van der Waals surface area contributed by atoms with E-state index in [0.29, 0.717) is 36.3 Å². The predicted octanol–water partition coefficient (Wildman–Crippen LogP) is 1.61. The monoisotopic (exact) mass is 267 g/mol. The standard InChI is InChI=1S/C11H14ClN5O/c1-2-18-7-6-17-11(14-15-16-17)8-4-3-5-9(13)10(8)12/h3-5H,2,6-7,13H2,1H3. The summed E-state index contributed by atoms with van der Waals surface area (Å²) in [5, 5.41) is 12.0. The van der Waals surface area contributed by atoms with Gasteiger partial charge < -0.3 is 10.5 Å². The van der Waals surface area contributed by atoms with Gasteiger partial charge in [-0.1, -0.05) is 17.7 Å². The highest BCUT2D eigenvalue weighted by Crippen LogP contribution is 2.30. The van der Waals surface area contributed by atoms with Crippen molar-refractivity contribution < 1.29 is 4.74 Å². The second kappa shape index (κ2) is 5.79. The molecule has 6 nitrogen and oxygen atoms in total. The molecule has 18 heavy (non-hydrogen) atoms. The summed E-state index contributed by atoms with van der Waals surface area (Å²) in [6, 6.07) is 5.39. The van der Waals surface area contributed by atoms with E-state index in [1.807, 2.05) is 19.1 Å². The van der Waals surface area contributed by atoms with Crippen LogP contribution in [0.15, 0.2) is 18.2 Å². The minimum Gasteiger partial charge on any atom is -0.398 e. The van der Waals surface area contributed by atoms with Crippen LogP contribution in [0.2, 0.25) is 5.02 Å². The summed E-state index contributed by atoms with van der Waals surface area (Å²) in [7, 11) is 0. The van der Waals surface area contributed by atoms with Crippen LogP contribution in [0.4, 0.5) is 5.69 Å². The van der Waals surface area contributed by atoms with Crippen molar-refractivity contribution in [3.8, 4) is 11.4 Å². The second-order valence-electron chi connectivity index (χ2n) is 3.63. The van der Waals surface area contributed by atoms with Crippen molar-refractivity contribution in [2.75, 3.05) is 18.9 Å². The molecular formula is C11H14ClN5O. The van der Waals surface area contributed by atoms with Gasteiger partial charge in [0.2, 0.25) is 0 Å². The molecule has 0 radical (unpaired) electrons. The van der Waals surface area contributed by atoms with E-state index < -0.39 is 0 Å². The van der Waals surface area contributed by atoms with Gasteiger partial charge in [0.15, 0.2) is 5.82 Å². The zero-order valence-electron chi connectivity index (χ0n) is 10.0.